The van der Waals surface area contributed by atoms with Gasteiger partial charge in [-0.25, -0.2) is 17.9 Å². The maximum absolute atomic E-state index is 15.1. The van der Waals surface area contributed by atoms with Crippen LogP contribution in [-0.4, -0.2) is 112 Å². The summed E-state index contributed by atoms with van der Waals surface area (Å²) in [6.07, 6.45) is 4.48. The monoisotopic (exact) mass is 798 g/mol. The molecule has 6 rings (SSSR count). The summed E-state index contributed by atoms with van der Waals surface area (Å²) in [5, 5.41) is 18.1. The third-order valence-electron chi connectivity index (χ3n) is 11.4. The van der Waals surface area contributed by atoms with Crippen LogP contribution in [0, 0.1) is 17.8 Å². The van der Waals surface area contributed by atoms with Gasteiger partial charge in [0.2, 0.25) is 27.7 Å². The Morgan fingerprint density at radius 3 is 2.43 bits per heavy atom. The summed E-state index contributed by atoms with van der Waals surface area (Å²) in [5.74, 6) is -2.89. The third kappa shape index (κ3) is 8.43. The first-order chi connectivity index (χ1) is 26.4. The van der Waals surface area contributed by atoms with Crippen LogP contribution in [0.4, 0.5) is 4.79 Å². The minimum atomic E-state index is -3.94. The van der Waals surface area contributed by atoms with Gasteiger partial charge >= 0.3 is 6.09 Å². The highest BCUT2D eigenvalue weighted by atomic mass is 32.2. The van der Waals surface area contributed by atoms with Crippen molar-refractivity contribution >= 4 is 44.6 Å². The zero-order valence-corrected chi connectivity index (χ0v) is 33.7. The summed E-state index contributed by atoms with van der Waals surface area (Å²) in [5.41, 5.74) is -2.92. The number of benzene rings is 1. The van der Waals surface area contributed by atoms with E-state index in [-0.39, 0.29) is 49.9 Å². The molecule has 17 heteroatoms. The Hall–Kier alpha value is -4.51. The number of carbonyl (C=O) groups is 4. The normalized spacial score (nSPS) is 29.3. The molecule has 16 nitrogen and oxygen atoms in total. The molecule has 56 heavy (non-hydrogen) atoms. The van der Waals surface area contributed by atoms with Crippen molar-refractivity contribution in [1.29, 1.82) is 0 Å². The largest absolute Gasteiger partial charge is 0.471 e. The van der Waals surface area contributed by atoms with Crippen molar-refractivity contribution in [3.63, 3.8) is 0 Å². The average Bonchev–Trinajstić information content (AvgIpc) is 4.05. The molecule has 1 aromatic carbocycles. The van der Waals surface area contributed by atoms with Gasteiger partial charge in [0.05, 0.1) is 35.7 Å². The van der Waals surface area contributed by atoms with Crippen LogP contribution in [0.25, 0.3) is 10.8 Å². The molecule has 2 aliphatic heterocycles. The van der Waals surface area contributed by atoms with Crippen LogP contribution >= 0.6 is 0 Å². The van der Waals surface area contributed by atoms with E-state index in [2.05, 4.69) is 15.1 Å². The molecule has 0 radical (unpaired) electrons. The number of allylic oxidation sites excluding steroid dienone is 1. The number of carbonyl (C=O) groups excluding carboxylic acids is 3. The van der Waals surface area contributed by atoms with Crippen molar-refractivity contribution < 1.29 is 42.2 Å². The molecule has 306 valence electrons. The zero-order chi connectivity index (χ0) is 40.7. The minimum absolute atomic E-state index is 0.0660. The van der Waals surface area contributed by atoms with E-state index in [4.69, 9.17) is 9.47 Å². The lowest BCUT2D eigenvalue weighted by Crippen LogP contribution is -2.62. The molecule has 3 fully saturated rings. The maximum Gasteiger partial charge on any atom is 0.408 e. The maximum atomic E-state index is 15.1. The van der Waals surface area contributed by atoms with Crippen LogP contribution in [0.15, 0.2) is 41.2 Å². The van der Waals surface area contributed by atoms with Crippen molar-refractivity contribution in [2.45, 2.75) is 121 Å². The number of nitrogens with one attached hydrogen (secondary N) is 2. The molecule has 0 bridgehead atoms. The lowest BCUT2D eigenvalue weighted by molar-refractivity contribution is -0.146. The molecule has 0 unspecified atom stereocenters. The average molecular weight is 799 g/mol. The lowest BCUT2D eigenvalue weighted by Gasteiger charge is -2.43. The summed E-state index contributed by atoms with van der Waals surface area (Å²) in [4.78, 5) is 72.2. The summed E-state index contributed by atoms with van der Waals surface area (Å²) in [7, 11) is -2.44. The second kappa shape index (κ2) is 15.8. The molecule has 3 N–H and O–H groups in total. The van der Waals surface area contributed by atoms with E-state index in [0.717, 1.165) is 4.90 Å². The smallest absolute Gasteiger partial charge is 0.408 e. The van der Waals surface area contributed by atoms with Crippen LogP contribution in [0.3, 0.4) is 0 Å². The summed E-state index contributed by atoms with van der Waals surface area (Å²) < 4.78 is 40.9. The number of hydrogen-bond acceptors (Lipinski definition) is 10. The first-order valence-electron chi connectivity index (χ1n) is 19.4. The topological polar surface area (TPSA) is 207 Å². The molecule has 2 saturated carbocycles. The van der Waals surface area contributed by atoms with E-state index in [1.54, 1.807) is 45.0 Å². The lowest BCUT2D eigenvalue weighted by atomic mass is 9.85. The molecule has 0 spiro atoms. The Morgan fingerprint density at radius 1 is 1.09 bits per heavy atom. The Kier molecular flexibility index (Phi) is 11.6. The van der Waals surface area contributed by atoms with Gasteiger partial charge in [0.15, 0.2) is 0 Å². The van der Waals surface area contributed by atoms with Crippen LogP contribution in [0.2, 0.25) is 0 Å². The second-order valence-corrected chi connectivity index (χ2v) is 18.9. The fourth-order valence-corrected chi connectivity index (χ4v) is 9.61. The molecule has 4 amide bonds. The third-order valence-corrected chi connectivity index (χ3v) is 13.2. The predicted molar refractivity (Wildman–Crippen MR) is 206 cm³/mol. The van der Waals surface area contributed by atoms with Crippen molar-refractivity contribution in [1.82, 2.24) is 29.6 Å². The molecule has 1 aromatic heterocycles. The highest BCUT2D eigenvalue weighted by molar-refractivity contribution is 7.91. The van der Waals surface area contributed by atoms with Gasteiger partial charge in [0, 0.05) is 25.0 Å². The van der Waals surface area contributed by atoms with E-state index in [0.29, 0.717) is 42.9 Å². The van der Waals surface area contributed by atoms with Crippen molar-refractivity contribution in [2.75, 3.05) is 20.3 Å². The number of rotatable bonds is 9. The van der Waals surface area contributed by atoms with Crippen LogP contribution in [-0.2, 0) is 35.7 Å². The molecule has 3 heterocycles. The Balaban J connectivity index is 1.41. The molecule has 1 saturated heterocycles. The van der Waals surface area contributed by atoms with Gasteiger partial charge in [-0.15, -0.1) is 5.10 Å². The molecule has 2 aliphatic carbocycles. The van der Waals surface area contributed by atoms with E-state index < -0.39 is 80.2 Å². The van der Waals surface area contributed by atoms with Gasteiger partial charge in [-0.1, -0.05) is 38.1 Å². The number of amides is 4. The summed E-state index contributed by atoms with van der Waals surface area (Å²) >= 11 is 0. The van der Waals surface area contributed by atoms with Gasteiger partial charge in [-0.3, -0.25) is 28.8 Å². The van der Waals surface area contributed by atoms with Gasteiger partial charge in [-0.05, 0) is 83.3 Å². The summed E-state index contributed by atoms with van der Waals surface area (Å²) in [6, 6.07) is 4.38. The number of carboxylic acid groups (broad SMARTS) is 1. The van der Waals surface area contributed by atoms with E-state index >= 15 is 4.79 Å². The van der Waals surface area contributed by atoms with E-state index in [9.17, 15) is 32.7 Å². The Morgan fingerprint density at radius 2 is 1.79 bits per heavy atom. The predicted octanol–water partition coefficient (Wildman–Crippen LogP) is 3.03. The number of hydrogen-bond donors (Lipinski definition) is 3. The quantitative estimate of drug-likeness (QED) is 0.315. The van der Waals surface area contributed by atoms with Gasteiger partial charge in [0.1, 0.15) is 23.7 Å². The first kappa shape index (κ1) is 41.1. The molecular formula is C39H54N6O10S. The number of fused-ring (bicyclic) bond motifs is 3. The number of sulfonamides is 1. The summed E-state index contributed by atoms with van der Waals surface area (Å²) in [6.45, 7) is 9.24. The second-order valence-electron chi connectivity index (χ2n) is 16.9. The molecule has 4 aliphatic rings. The van der Waals surface area contributed by atoms with Crippen molar-refractivity contribution in [2.24, 2.45) is 17.8 Å². The van der Waals surface area contributed by atoms with E-state index in [1.165, 1.54) is 16.7 Å². The minimum Gasteiger partial charge on any atom is -0.471 e. The zero-order valence-electron chi connectivity index (χ0n) is 32.9. The Bertz CT molecular complexity index is 2060. The number of nitrogens with zero attached hydrogens (tertiary/aromatic N) is 4. The molecule has 2 aromatic rings. The highest BCUT2D eigenvalue weighted by Crippen LogP contribution is 2.46. The van der Waals surface area contributed by atoms with E-state index in [1.807, 2.05) is 26.0 Å². The molecular weight excluding hydrogens is 745 g/mol. The number of methoxy groups -OCH3 is 1. The van der Waals surface area contributed by atoms with Crippen LogP contribution < -0.4 is 20.3 Å². The number of aromatic nitrogens is 2. The SMILES string of the molecule is COCCn1nc(O[C@@H]2C[C@H]3C(=O)N[C@]4(C(=O)NS(=O)(=O)C5CC5)C[C@H]4/C=C\CC[C@H](C)C[C@@H](C)[C@H](N(C(=O)O)C(C)(C)C)C(=O)N3C2)c2ccccc2c1=O. The van der Waals surface area contributed by atoms with Crippen molar-refractivity contribution in [3.05, 3.63) is 46.8 Å². The van der Waals surface area contributed by atoms with Gasteiger partial charge < -0.3 is 24.8 Å². The fourth-order valence-electron chi connectivity index (χ4n) is 8.24. The van der Waals surface area contributed by atoms with Crippen LogP contribution in [0.1, 0.15) is 79.6 Å². The van der Waals surface area contributed by atoms with Crippen LogP contribution in [0.5, 0.6) is 5.88 Å². The Labute approximate surface area is 327 Å². The first-order valence-corrected chi connectivity index (χ1v) is 21.0. The fraction of sp³-hybridized carbons (Fsp3) is 0.641. The van der Waals surface area contributed by atoms with Gasteiger partial charge in [-0.2, -0.15) is 0 Å². The molecule has 7 atom stereocenters. The highest BCUT2D eigenvalue weighted by Gasteiger charge is 2.62. The standard InChI is InChI=1S/C39H54N6O10S/c1-23-11-7-8-12-25-21-39(25,36(49)42-56(52,53)27-15-16-27)40-32(46)30-20-26(22-43(30)35(48)31(24(2)19-23)45(37(50)51)38(3,4)5)55-33-28-13-9-10-14-29(28)34(47)44(41-33)17-18-54-6/h8-10,12-14,23-27,30-31H,7,11,15-22H2,1-6H3,(H,40,46)(H,42,49)(H,50,51)/b12-8-/t23-,24+,25+,26+,30-,31-,39+/m0/s1. The van der Waals surface area contributed by atoms with Crippen molar-refractivity contribution in [3.8, 4) is 5.88 Å². The van der Waals surface area contributed by atoms with Gasteiger partial charge in [0.25, 0.3) is 11.5 Å². The number of ether oxygens (including phenoxy) is 2.